The van der Waals surface area contributed by atoms with Crippen LogP contribution in [0.4, 0.5) is 0 Å². The Morgan fingerprint density at radius 3 is 2.03 bits per heavy atom. The molecule has 0 spiro atoms. The molecule has 0 amide bonds. The number of esters is 1. The van der Waals surface area contributed by atoms with Gasteiger partial charge >= 0.3 is 5.97 Å². The molecule has 0 aliphatic rings. The smallest absolute Gasteiger partial charge is 0.330 e. The first-order chi connectivity index (χ1) is 15.3. The maximum atomic E-state index is 10.9. The van der Waals surface area contributed by atoms with Crippen LogP contribution in [-0.2, 0) is 19.0 Å². The Morgan fingerprint density at radius 1 is 0.710 bits per heavy atom. The first kappa shape index (κ1) is 22.3. The predicted octanol–water partition coefficient (Wildman–Crippen LogP) is 4.77. The minimum Gasteiger partial charge on any atom is -0.491 e. The standard InChI is InChI=1S/C25H26O6/c1-2-25(26)30-19-17-28-15-14-27-16-18-29-23-12-6-11-22-21(23)10-7-13-24(22)31-20-8-4-3-5-9-20/h2-13H,1,14-19H2. The second kappa shape index (κ2) is 12.4. The minimum absolute atomic E-state index is 0.199. The van der Waals surface area contributed by atoms with Crippen LogP contribution in [0, 0.1) is 0 Å². The number of para-hydroxylation sites is 1. The second-order valence-electron chi connectivity index (χ2n) is 6.47. The van der Waals surface area contributed by atoms with Gasteiger partial charge in [-0.1, -0.05) is 49.0 Å². The number of fused-ring (bicyclic) bond motifs is 1. The van der Waals surface area contributed by atoms with Gasteiger partial charge in [0.1, 0.15) is 30.5 Å². The zero-order valence-corrected chi connectivity index (χ0v) is 17.3. The van der Waals surface area contributed by atoms with E-state index in [0.29, 0.717) is 33.0 Å². The van der Waals surface area contributed by atoms with Crippen LogP contribution in [0.25, 0.3) is 10.8 Å². The van der Waals surface area contributed by atoms with E-state index in [1.54, 1.807) is 0 Å². The number of carbonyl (C=O) groups is 1. The largest absolute Gasteiger partial charge is 0.491 e. The van der Waals surface area contributed by atoms with Crippen molar-refractivity contribution in [3.8, 4) is 17.2 Å². The fourth-order valence-corrected chi connectivity index (χ4v) is 2.88. The van der Waals surface area contributed by atoms with E-state index in [2.05, 4.69) is 6.58 Å². The molecule has 0 unspecified atom stereocenters. The Balaban J connectivity index is 1.42. The maximum Gasteiger partial charge on any atom is 0.330 e. The molecule has 0 heterocycles. The lowest BCUT2D eigenvalue weighted by Crippen LogP contribution is -2.13. The van der Waals surface area contributed by atoms with Crippen LogP contribution in [0.15, 0.2) is 79.4 Å². The average molecular weight is 422 g/mol. The van der Waals surface area contributed by atoms with E-state index in [4.69, 9.17) is 23.7 Å². The fourth-order valence-electron chi connectivity index (χ4n) is 2.88. The van der Waals surface area contributed by atoms with Gasteiger partial charge in [0.15, 0.2) is 0 Å². The normalized spacial score (nSPS) is 10.6. The highest BCUT2D eigenvalue weighted by Crippen LogP contribution is 2.34. The molecule has 0 fully saturated rings. The monoisotopic (exact) mass is 422 g/mol. The Hall–Kier alpha value is -3.35. The van der Waals surface area contributed by atoms with Gasteiger partial charge in [0, 0.05) is 16.8 Å². The number of ether oxygens (including phenoxy) is 5. The molecule has 0 saturated carbocycles. The Kier molecular flexibility index (Phi) is 8.91. The topological polar surface area (TPSA) is 63.2 Å². The van der Waals surface area contributed by atoms with E-state index < -0.39 is 5.97 Å². The van der Waals surface area contributed by atoms with Gasteiger partial charge in [0.2, 0.25) is 0 Å². The summed E-state index contributed by atoms with van der Waals surface area (Å²) in [5, 5.41) is 1.96. The molecule has 0 atom stereocenters. The van der Waals surface area contributed by atoms with Crippen molar-refractivity contribution in [2.75, 3.05) is 39.6 Å². The molecule has 6 heteroatoms. The number of hydrogen-bond acceptors (Lipinski definition) is 6. The van der Waals surface area contributed by atoms with Crippen molar-refractivity contribution < 1.29 is 28.5 Å². The van der Waals surface area contributed by atoms with E-state index in [1.165, 1.54) is 0 Å². The second-order valence-corrected chi connectivity index (χ2v) is 6.47. The molecular weight excluding hydrogens is 396 g/mol. The molecule has 31 heavy (non-hydrogen) atoms. The van der Waals surface area contributed by atoms with Crippen LogP contribution >= 0.6 is 0 Å². The third-order valence-electron chi connectivity index (χ3n) is 4.31. The zero-order valence-electron chi connectivity index (χ0n) is 17.3. The van der Waals surface area contributed by atoms with Crippen LogP contribution in [-0.4, -0.2) is 45.6 Å². The van der Waals surface area contributed by atoms with Crippen LogP contribution in [0.3, 0.4) is 0 Å². The highest BCUT2D eigenvalue weighted by Gasteiger charge is 2.08. The quantitative estimate of drug-likeness (QED) is 0.225. The summed E-state index contributed by atoms with van der Waals surface area (Å²) in [4.78, 5) is 10.9. The number of benzene rings is 3. The lowest BCUT2D eigenvalue weighted by atomic mass is 10.1. The Bertz CT molecular complexity index is 970. The van der Waals surface area contributed by atoms with E-state index >= 15 is 0 Å². The Labute approximate surface area is 181 Å². The van der Waals surface area contributed by atoms with Crippen molar-refractivity contribution in [1.29, 1.82) is 0 Å². The van der Waals surface area contributed by atoms with Crippen molar-refractivity contribution in [1.82, 2.24) is 0 Å². The highest BCUT2D eigenvalue weighted by molar-refractivity contribution is 5.93. The molecule has 0 aliphatic heterocycles. The molecule has 0 radical (unpaired) electrons. The third-order valence-corrected chi connectivity index (χ3v) is 4.31. The van der Waals surface area contributed by atoms with Gasteiger partial charge in [0.05, 0.1) is 26.4 Å². The molecular formula is C25H26O6. The SMILES string of the molecule is C=CC(=O)OCCOCCOCCOc1cccc2c(Oc3ccccc3)cccc12. The lowest BCUT2D eigenvalue weighted by Gasteiger charge is -2.13. The van der Waals surface area contributed by atoms with Crippen molar-refractivity contribution in [2.45, 2.75) is 0 Å². The fraction of sp³-hybridized carbons (Fsp3) is 0.240. The summed E-state index contributed by atoms with van der Waals surface area (Å²) in [7, 11) is 0. The molecule has 3 rings (SSSR count). The average Bonchev–Trinajstić information content (AvgIpc) is 2.81. The van der Waals surface area contributed by atoms with E-state index in [1.807, 2.05) is 66.7 Å². The van der Waals surface area contributed by atoms with E-state index in [0.717, 1.165) is 34.1 Å². The molecule has 162 valence electrons. The van der Waals surface area contributed by atoms with Gasteiger partial charge in [-0.25, -0.2) is 4.79 Å². The lowest BCUT2D eigenvalue weighted by molar-refractivity contribution is -0.139. The minimum atomic E-state index is -0.454. The van der Waals surface area contributed by atoms with Gasteiger partial charge in [-0.15, -0.1) is 0 Å². The van der Waals surface area contributed by atoms with E-state index in [-0.39, 0.29) is 6.61 Å². The van der Waals surface area contributed by atoms with Crippen molar-refractivity contribution in [2.24, 2.45) is 0 Å². The third kappa shape index (κ3) is 7.13. The summed E-state index contributed by atoms with van der Waals surface area (Å²) in [5.74, 6) is 1.89. The van der Waals surface area contributed by atoms with Gasteiger partial charge in [0.25, 0.3) is 0 Å². The van der Waals surface area contributed by atoms with Crippen molar-refractivity contribution in [3.05, 3.63) is 79.4 Å². The molecule has 0 aliphatic carbocycles. The summed E-state index contributed by atoms with van der Waals surface area (Å²) in [5.41, 5.74) is 0. The summed E-state index contributed by atoms with van der Waals surface area (Å²) in [6.45, 7) is 5.55. The summed E-state index contributed by atoms with van der Waals surface area (Å²) in [6.07, 6.45) is 1.12. The van der Waals surface area contributed by atoms with E-state index in [9.17, 15) is 4.79 Å². The Morgan fingerprint density at radius 2 is 1.32 bits per heavy atom. The van der Waals surface area contributed by atoms with Gasteiger partial charge in [-0.2, -0.15) is 0 Å². The summed E-state index contributed by atoms with van der Waals surface area (Å²) in [6, 6.07) is 21.5. The molecule has 0 saturated heterocycles. The molecule has 3 aromatic carbocycles. The first-order valence-corrected chi connectivity index (χ1v) is 10.1. The maximum absolute atomic E-state index is 10.9. The number of hydrogen-bond donors (Lipinski definition) is 0. The van der Waals surface area contributed by atoms with Gasteiger partial charge < -0.3 is 23.7 Å². The summed E-state index contributed by atoms with van der Waals surface area (Å²) < 4.78 is 27.6. The van der Waals surface area contributed by atoms with Crippen molar-refractivity contribution in [3.63, 3.8) is 0 Å². The molecule has 3 aromatic rings. The van der Waals surface area contributed by atoms with Crippen LogP contribution < -0.4 is 9.47 Å². The molecule has 6 nitrogen and oxygen atoms in total. The van der Waals surface area contributed by atoms with Crippen LogP contribution in [0.2, 0.25) is 0 Å². The predicted molar refractivity (Wildman–Crippen MR) is 119 cm³/mol. The molecule has 0 aromatic heterocycles. The highest BCUT2D eigenvalue weighted by atomic mass is 16.6. The number of carbonyl (C=O) groups excluding carboxylic acids is 1. The van der Waals surface area contributed by atoms with Crippen LogP contribution in [0.5, 0.6) is 17.2 Å². The molecule has 0 N–H and O–H groups in total. The van der Waals surface area contributed by atoms with Gasteiger partial charge in [-0.3, -0.25) is 0 Å². The summed E-state index contributed by atoms with van der Waals surface area (Å²) >= 11 is 0. The molecule has 0 bridgehead atoms. The zero-order chi connectivity index (χ0) is 21.7. The van der Waals surface area contributed by atoms with Crippen LogP contribution in [0.1, 0.15) is 0 Å². The van der Waals surface area contributed by atoms with Crippen molar-refractivity contribution >= 4 is 16.7 Å². The number of rotatable bonds is 13. The van der Waals surface area contributed by atoms with Gasteiger partial charge in [-0.05, 0) is 24.3 Å². The first-order valence-electron chi connectivity index (χ1n) is 10.1.